The Bertz CT molecular complexity index is 596. The second-order valence-corrected chi connectivity index (χ2v) is 4.97. The van der Waals surface area contributed by atoms with E-state index in [4.69, 9.17) is 0 Å². The van der Waals surface area contributed by atoms with E-state index in [9.17, 15) is 4.79 Å². The first-order valence-corrected chi connectivity index (χ1v) is 6.93. The van der Waals surface area contributed by atoms with Crippen molar-refractivity contribution in [1.29, 1.82) is 0 Å². The lowest BCUT2D eigenvalue weighted by Gasteiger charge is -2.15. The highest BCUT2D eigenvalue weighted by Gasteiger charge is 2.19. The van der Waals surface area contributed by atoms with Crippen molar-refractivity contribution in [2.24, 2.45) is 0 Å². The van der Waals surface area contributed by atoms with Crippen LogP contribution >= 0.6 is 0 Å². The maximum atomic E-state index is 12.2. The molecule has 0 spiro atoms. The maximum Gasteiger partial charge on any atom is 0.321 e. The molecule has 19 heavy (non-hydrogen) atoms. The molecule has 1 aliphatic heterocycles. The lowest BCUT2D eigenvalue weighted by molar-refractivity contribution is 0.222. The van der Waals surface area contributed by atoms with Gasteiger partial charge in [-0.05, 0) is 25.8 Å². The number of carbonyl (C=O) groups is 1. The number of likely N-dealkylation sites (tertiary alicyclic amines) is 1. The summed E-state index contributed by atoms with van der Waals surface area (Å²) in [5.41, 5.74) is 2.08. The average Bonchev–Trinajstić information content (AvgIpc) is 3.07. The van der Waals surface area contributed by atoms with Gasteiger partial charge in [-0.3, -0.25) is 0 Å². The lowest BCUT2D eigenvalue weighted by atomic mass is 10.2. The minimum atomic E-state index is 0.0245. The Morgan fingerprint density at radius 1 is 1.26 bits per heavy atom. The third kappa shape index (κ3) is 2.18. The third-order valence-corrected chi connectivity index (χ3v) is 3.76. The van der Waals surface area contributed by atoms with E-state index >= 15 is 0 Å². The Morgan fingerprint density at radius 3 is 2.74 bits per heavy atom. The smallest absolute Gasteiger partial charge is 0.321 e. The number of rotatable bonds is 2. The maximum absolute atomic E-state index is 12.2. The van der Waals surface area contributed by atoms with Gasteiger partial charge in [0.2, 0.25) is 0 Å². The lowest BCUT2D eigenvalue weighted by Crippen LogP contribution is -2.32. The Balaban J connectivity index is 1.90. The van der Waals surface area contributed by atoms with Gasteiger partial charge in [0, 0.05) is 31.2 Å². The summed E-state index contributed by atoms with van der Waals surface area (Å²) in [6.07, 6.45) is 4.26. The zero-order chi connectivity index (χ0) is 13.2. The first-order valence-electron chi connectivity index (χ1n) is 6.93. The molecular weight excluding hydrogens is 238 g/mol. The molecule has 2 heterocycles. The van der Waals surface area contributed by atoms with Crippen LogP contribution in [0, 0.1) is 0 Å². The number of anilines is 1. The van der Waals surface area contributed by atoms with Gasteiger partial charge in [0.1, 0.15) is 0 Å². The van der Waals surface area contributed by atoms with Crippen LogP contribution in [0.3, 0.4) is 0 Å². The summed E-state index contributed by atoms with van der Waals surface area (Å²) in [4.78, 5) is 14.0. The Labute approximate surface area is 113 Å². The molecule has 4 nitrogen and oxygen atoms in total. The molecule has 1 aromatic heterocycles. The third-order valence-electron chi connectivity index (χ3n) is 3.76. The summed E-state index contributed by atoms with van der Waals surface area (Å²) < 4.78 is 2.16. The molecule has 2 amide bonds. The van der Waals surface area contributed by atoms with Crippen LogP contribution in [0.5, 0.6) is 0 Å². The zero-order valence-electron chi connectivity index (χ0n) is 11.2. The van der Waals surface area contributed by atoms with Crippen LogP contribution in [0.1, 0.15) is 19.8 Å². The fourth-order valence-electron chi connectivity index (χ4n) is 2.72. The quantitative estimate of drug-likeness (QED) is 0.880. The van der Waals surface area contributed by atoms with Crippen molar-refractivity contribution in [3.63, 3.8) is 0 Å². The van der Waals surface area contributed by atoms with Crippen LogP contribution in [0.15, 0.2) is 30.5 Å². The predicted molar refractivity (Wildman–Crippen MR) is 77.4 cm³/mol. The van der Waals surface area contributed by atoms with E-state index in [1.165, 1.54) is 5.52 Å². The van der Waals surface area contributed by atoms with E-state index < -0.39 is 0 Å². The number of hydrogen-bond acceptors (Lipinski definition) is 1. The number of aryl methyl sites for hydroxylation is 1. The highest BCUT2D eigenvalue weighted by molar-refractivity contribution is 6.01. The monoisotopic (exact) mass is 257 g/mol. The fourth-order valence-corrected chi connectivity index (χ4v) is 2.72. The summed E-state index contributed by atoms with van der Waals surface area (Å²) in [7, 11) is 0. The Kier molecular flexibility index (Phi) is 3.15. The minimum absolute atomic E-state index is 0.0245. The predicted octanol–water partition coefficient (Wildman–Crippen LogP) is 3.29. The van der Waals surface area contributed by atoms with Gasteiger partial charge in [-0.1, -0.05) is 18.2 Å². The summed E-state index contributed by atoms with van der Waals surface area (Å²) in [6, 6.07) is 8.20. The number of amides is 2. The number of benzene rings is 1. The number of nitrogens with one attached hydrogen (secondary N) is 1. The van der Waals surface area contributed by atoms with Gasteiger partial charge in [-0.2, -0.15) is 0 Å². The van der Waals surface area contributed by atoms with E-state index in [-0.39, 0.29) is 6.03 Å². The molecule has 1 aromatic carbocycles. The van der Waals surface area contributed by atoms with Crippen molar-refractivity contribution in [3.05, 3.63) is 30.5 Å². The second kappa shape index (κ2) is 4.96. The van der Waals surface area contributed by atoms with Crippen molar-refractivity contribution in [2.75, 3.05) is 18.4 Å². The second-order valence-electron chi connectivity index (χ2n) is 4.97. The van der Waals surface area contributed by atoms with Gasteiger partial charge < -0.3 is 14.8 Å². The topological polar surface area (TPSA) is 37.3 Å². The van der Waals surface area contributed by atoms with Gasteiger partial charge >= 0.3 is 6.03 Å². The van der Waals surface area contributed by atoms with E-state index in [0.29, 0.717) is 0 Å². The molecule has 100 valence electrons. The Hall–Kier alpha value is -1.97. The average molecular weight is 257 g/mol. The van der Waals surface area contributed by atoms with Gasteiger partial charge in [-0.25, -0.2) is 4.79 Å². The molecule has 0 unspecified atom stereocenters. The van der Waals surface area contributed by atoms with Gasteiger partial charge in [0.25, 0.3) is 0 Å². The highest BCUT2D eigenvalue weighted by Crippen LogP contribution is 2.26. The number of hydrogen-bond donors (Lipinski definition) is 1. The minimum Gasteiger partial charge on any atom is -0.346 e. The van der Waals surface area contributed by atoms with Crippen LogP contribution in [0.25, 0.3) is 10.9 Å². The van der Waals surface area contributed by atoms with Crippen molar-refractivity contribution in [2.45, 2.75) is 26.3 Å². The van der Waals surface area contributed by atoms with Crippen molar-refractivity contribution in [3.8, 4) is 0 Å². The molecule has 4 heteroatoms. The molecule has 0 aliphatic carbocycles. The van der Waals surface area contributed by atoms with Crippen molar-refractivity contribution >= 4 is 22.6 Å². The van der Waals surface area contributed by atoms with Crippen LogP contribution in [0.4, 0.5) is 10.5 Å². The highest BCUT2D eigenvalue weighted by atomic mass is 16.2. The molecule has 1 aliphatic rings. The molecule has 1 N–H and O–H groups in total. The number of para-hydroxylation sites is 1. The molecular formula is C15H19N3O. The number of fused-ring (bicyclic) bond motifs is 1. The van der Waals surface area contributed by atoms with Gasteiger partial charge in [0.15, 0.2) is 0 Å². The van der Waals surface area contributed by atoms with Crippen molar-refractivity contribution in [1.82, 2.24) is 9.47 Å². The SMILES string of the molecule is CCn1cc(NC(=O)N2CCCC2)c2ccccc21. The Morgan fingerprint density at radius 2 is 2.00 bits per heavy atom. The van der Waals surface area contributed by atoms with Crippen LogP contribution in [-0.2, 0) is 6.54 Å². The summed E-state index contributed by atoms with van der Waals surface area (Å²) in [6.45, 7) is 4.76. The molecule has 0 radical (unpaired) electrons. The number of aromatic nitrogens is 1. The largest absolute Gasteiger partial charge is 0.346 e. The number of carbonyl (C=O) groups excluding carboxylic acids is 1. The van der Waals surface area contributed by atoms with Crippen molar-refractivity contribution < 1.29 is 4.79 Å². The summed E-state index contributed by atoms with van der Waals surface area (Å²) in [5, 5.41) is 4.16. The van der Waals surface area contributed by atoms with E-state index in [0.717, 1.165) is 43.5 Å². The standard InChI is InChI=1S/C15H19N3O/c1-2-17-11-13(12-7-3-4-8-14(12)17)16-15(19)18-9-5-6-10-18/h3-4,7-8,11H,2,5-6,9-10H2,1H3,(H,16,19). The van der Waals surface area contributed by atoms with Crippen LogP contribution in [-0.4, -0.2) is 28.6 Å². The van der Waals surface area contributed by atoms with Crippen LogP contribution < -0.4 is 5.32 Å². The van der Waals surface area contributed by atoms with E-state index in [1.54, 1.807) is 0 Å². The first kappa shape index (κ1) is 12.1. The normalized spacial score (nSPS) is 15.1. The molecule has 1 saturated heterocycles. The molecule has 0 saturated carbocycles. The number of urea groups is 1. The van der Waals surface area contributed by atoms with Gasteiger partial charge in [0.05, 0.1) is 11.2 Å². The first-order chi connectivity index (χ1) is 9.29. The molecule has 0 atom stereocenters. The number of nitrogens with zero attached hydrogens (tertiary/aromatic N) is 2. The van der Waals surface area contributed by atoms with E-state index in [1.807, 2.05) is 23.2 Å². The fraction of sp³-hybridized carbons (Fsp3) is 0.400. The molecule has 1 fully saturated rings. The zero-order valence-corrected chi connectivity index (χ0v) is 11.2. The van der Waals surface area contributed by atoms with E-state index in [2.05, 4.69) is 28.9 Å². The van der Waals surface area contributed by atoms with Gasteiger partial charge in [-0.15, -0.1) is 0 Å². The molecule has 0 bridgehead atoms. The molecule has 3 rings (SSSR count). The van der Waals surface area contributed by atoms with Crippen LogP contribution in [0.2, 0.25) is 0 Å². The summed E-state index contributed by atoms with van der Waals surface area (Å²) >= 11 is 0. The molecule has 2 aromatic rings. The summed E-state index contributed by atoms with van der Waals surface area (Å²) in [5.74, 6) is 0.